The number of ether oxygens (including phenoxy) is 5. The van der Waals surface area contributed by atoms with Crippen LogP contribution in [0.2, 0.25) is 0 Å². The minimum Gasteiger partial charge on any atom is -0.460 e. The zero-order valence-corrected chi connectivity index (χ0v) is 24.6. The third kappa shape index (κ3) is 9.34. The summed E-state index contributed by atoms with van der Waals surface area (Å²) in [7, 11) is 0. The van der Waals surface area contributed by atoms with Gasteiger partial charge in [0, 0.05) is 12.8 Å². The van der Waals surface area contributed by atoms with E-state index in [1.807, 2.05) is 109 Å². The van der Waals surface area contributed by atoms with E-state index in [2.05, 4.69) is 12.1 Å². The van der Waals surface area contributed by atoms with Gasteiger partial charge in [0.25, 0.3) is 0 Å². The summed E-state index contributed by atoms with van der Waals surface area (Å²) in [4.78, 5) is 12.3. The van der Waals surface area contributed by atoms with Crippen LogP contribution in [0.15, 0.2) is 121 Å². The molecule has 0 bridgehead atoms. The van der Waals surface area contributed by atoms with E-state index in [4.69, 9.17) is 23.7 Å². The lowest BCUT2D eigenvalue weighted by molar-refractivity contribution is -0.231. The summed E-state index contributed by atoms with van der Waals surface area (Å²) in [5.74, 6) is -0.457. The van der Waals surface area contributed by atoms with Crippen molar-refractivity contribution in [2.75, 3.05) is 6.61 Å². The quantitative estimate of drug-likeness (QED) is 0.151. The Balaban J connectivity index is 1.42. The number of carbonyl (C=O) groups excluding carboxylic acids is 1. The summed E-state index contributed by atoms with van der Waals surface area (Å²) in [6.07, 6.45) is -1.43. The van der Waals surface area contributed by atoms with Crippen LogP contribution in [0, 0.1) is 5.92 Å². The summed E-state index contributed by atoms with van der Waals surface area (Å²) in [6, 6.07) is 40.2. The first-order chi connectivity index (χ1) is 21.2. The van der Waals surface area contributed by atoms with E-state index in [0.29, 0.717) is 39.5 Å². The minimum absolute atomic E-state index is 0.103. The predicted molar refractivity (Wildman–Crippen MR) is 165 cm³/mol. The number of carbonyl (C=O) groups is 1. The highest BCUT2D eigenvalue weighted by Crippen LogP contribution is 2.36. The van der Waals surface area contributed by atoms with Crippen LogP contribution in [-0.4, -0.2) is 37.0 Å². The van der Waals surface area contributed by atoms with E-state index in [-0.39, 0.29) is 18.0 Å². The molecule has 0 aliphatic heterocycles. The van der Waals surface area contributed by atoms with Crippen LogP contribution in [-0.2, 0) is 54.9 Å². The van der Waals surface area contributed by atoms with E-state index >= 15 is 0 Å². The fourth-order valence-corrected chi connectivity index (χ4v) is 5.55. The Morgan fingerprint density at radius 2 is 0.953 bits per heavy atom. The van der Waals surface area contributed by atoms with Gasteiger partial charge in [-0.05, 0) is 28.7 Å². The molecule has 43 heavy (non-hydrogen) atoms. The monoisotopic (exact) mass is 580 g/mol. The Morgan fingerprint density at radius 1 is 0.558 bits per heavy atom. The predicted octanol–water partition coefficient (Wildman–Crippen LogP) is 6.91. The van der Waals surface area contributed by atoms with Crippen molar-refractivity contribution < 1.29 is 28.5 Å². The lowest BCUT2D eigenvalue weighted by atomic mass is 9.80. The molecule has 1 aliphatic rings. The van der Waals surface area contributed by atoms with Crippen molar-refractivity contribution >= 4 is 5.97 Å². The summed E-state index contributed by atoms with van der Waals surface area (Å²) in [5, 5.41) is 0. The molecule has 5 unspecified atom stereocenters. The first kappa shape index (κ1) is 30.6. The maximum absolute atomic E-state index is 12.3. The summed E-state index contributed by atoms with van der Waals surface area (Å²) < 4.78 is 32.1. The van der Waals surface area contributed by atoms with Crippen molar-refractivity contribution in [1.29, 1.82) is 0 Å². The molecule has 0 saturated heterocycles. The molecule has 4 aromatic carbocycles. The van der Waals surface area contributed by atoms with Gasteiger partial charge in [-0.1, -0.05) is 121 Å². The summed E-state index contributed by atoms with van der Waals surface area (Å²) in [6.45, 7) is 3.47. The van der Waals surface area contributed by atoms with Crippen LogP contribution in [0.5, 0.6) is 0 Å². The average Bonchev–Trinajstić information content (AvgIpc) is 3.04. The largest absolute Gasteiger partial charge is 0.460 e. The molecule has 0 aromatic heterocycles. The van der Waals surface area contributed by atoms with E-state index in [9.17, 15) is 4.79 Å². The molecule has 1 fully saturated rings. The van der Waals surface area contributed by atoms with Crippen LogP contribution < -0.4 is 0 Å². The average molecular weight is 581 g/mol. The van der Waals surface area contributed by atoms with Crippen molar-refractivity contribution in [3.8, 4) is 0 Å². The van der Waals surface area contributed by atoms with Gasteiger partial charge in [-0.25, -0.2) is 0 Å². The SMILES string of the molecule is CC(=O)OC1CC(COCc2ccccc2)C(OCc2ccccc2)C(OCc2ccccc2)C1OCc1ccccc1. The van der Waals surface area contributed by atoms with Crippen LogP contribution in [0.4, 0.5) is 0 Å². The molecule has 1 aliphatic carbocycles. The number of rotatable bonds is 14. The molecule has 6 nitrogen and oxygen atoms in total. The molecule has 0 amide bonds. The molecule has 0 heterocycles. The number of benzene rings is 4. The lowest BCUT2D eigenvalue weighted by Crippen LogP contribution is -2.58. The third-order valence-corrected chi connectivity index (χ3v) is 7.63. The van der Waals surface area contributed by atoms with Crippen molar-refractivity contribution in [3.05, 3.63) is 144 Å². The Morgan fingerprint density at radius 3 is 1.40 bits per heavy atom. The molecule has 1 saturated carbocycles. The molecule has 4 aromatic rings. The third-order valence-electron chi connectivity index (χ3n) is 7.63. The second-order valence-corrected chi connectivity index (χ2v) is 10.9. The van der Waals surface area contributed by atoms with Gasteiger partial charge in [-0.2, -0.15) is 0 Å². The van der Waals surface area contributed by atoms with Crippen LogP contribution >= 0.6 is 0 Å². The summed E-state index contributed by atoms with van der Waals surface area (Å²) >= 11 is 0. The van der Waals surface area contributed by atoms with Crippen molar-refractivity contribution in [1.82, 2.24) is 0 Å². The van der Waals surface area contributed by atoms with Gasteiger partial charge in [0.05, 0.1) is 39.1 Å². The molecule has 6 heteroatoms. The Labute approximate surface area is 254 Å². The van der Waals surface area contributed by atoms with Gasteiger partial charge in [0.2, 0.25) is 0 Å². The van der Waals surface area contributed by atoms with E-state index in [0.717, 1.165) is 22.3 Å². The highest BCUT2D eigenvalue weighted by molar-refractivity contribution is 5.66. The van der Waals surface area contributed by atoms with E-state index in [1.165, 1.54) is 6.92 Å². The van der Waals surface area contributed by atoms with E-state index in [1.54, 1.807) is 0 Å². The van der Waals surface area contributed by atoms with Gasteiger partial charge >= 0.3 is 5.97 Å². The lowest BCUT2D eigenvalue weighted by Gasteiger charge is -2.45. The highest BCUT2D eigenvalue weighted by atomic mass is 16.6. The van der Waals surface area contributed by atoms with Gasteiger partial charge in [-0.15, -0.1) is 0 Å². The molecule has 0 N–H and O–H groups in total. The molecule has 0 radical (unpaired) electrons. The van der Waals surface area contributed by atoms with E-state index < -0.39 is 18.3 Å². The molecular formula is C37H40O6. The van der Waals surface area contributed by atoms with Gasteiger partial charge in [-0.3, -0.25) is 4.79 Å². The maximum atomic E-state index is 12.3. The normalized spacial score (nSPS) is 21.7. The fraction of sp³-hybridized carbons (Fsp3) is 0.324. The molecular weight excluding hydrogens is 540 g/mol. The van der Waals surface area contributed by atoms with Crippen molar-refractivity contribution in [2.24, 2.45) is 5.92 Å². The Kier molecular flexibility index (Phi) is 11.5. The Hall–Kier alpha value is -3.81. The van der Waals surface area contributed by atoms with Crippen LogP contribution in [0.1, 0.15) is 35.6 Å². The van der Waals surface area contributed by atoms with Gasteiger partial charge < -0.3 is 23.7 Å². The zero-order valence-electron chi connectivity index (χ0n) is 24.6. The maximum Gasteiger partial charge on any atom is 0.302 e. The smallest absolute Gasteiger partial charge is 0.302 e. The number of esters is 1. The van der Waals surface area contributed by atoms with Crippen molar-refractivity contribution in [2.45, 2.75) is 64.2 Å². The molecule has 224 valence electrons. The number of hydrogen-bond acceptors (Lipinski definition) is 6. The zero-order chi connectivity index (χ0) is 29.7. The first-order valence-corrected chi connectivity index (χ1v) is 14.9. The number of hydrogen-bond donors (Lipinski definition) is 0. The highest BCUT2D eigenvalue weighted by Gasteiger charge is 2.48. The molecule has 0 spiro atoms. The second-order valence-electron chi connectivity index (χ2n) is 10.9. The fourth-order valence-electron chi connectivity index (χ4n) is 5.55. The topological polar surface area (TPSA) is 63.2 Å². The van der Waals surface area contributed by atoms with Crippen molar-refractivity contribution in [3.63, 3.8) is 0 Å². The molecule has 5 rings (SSSR count). The standard InChI is InChI=1S/C37H40O6/c1-28(38)43-34-22-33(27-39-23-29-14-6-2-7-15-29)35(40-24-30-16-8-3-9-17-30)37(42-26-32-20-12-5-13-21-32)36(34)41-25-31-18-10-4-11-19-31/h2-21,33-37H,22-27H2,1H3. The van der Waals surface area contributed by atoms with Gasteiger partial charge in [0.15, 0.2) is 0 Å². The molecule has 5 atom stereocenters. The summed E-state index contributed by atoms with van der Waals surface area (Å²) in [5.41, 5.74) is 4.23. The second kappa shape index (κ2) is 16.1. The van der Waals surface area contributed by atoms with Crippen LogP contribution in [0.3, 0.4) is 0 Å². The Bertz CT molecular complexity index is 1350. The van der Waals surface area contributed by atoms with Crippen LogP contribution in [0.25, 0.3) is 0 Å². The first-order valence-electron chi connectivity index (χ1n) is 14.9. The van der Waals surface area contributed by atoms with Gasteiger partial charge in [0.1, 0.15) is 18.3 Å². The minimum atomic E-state index is -0.543.